The average molecular weight is 253 g/mol. The first-order valence-electron chi connectivity index (χ1n) is 5.41. The van der Waals surface area contributed by atoms with E-state index in [0.717, 1.165) is 4.90 Å². The Balaban J connectivity index is 1.98. The van der Waals surface area contributed by atoms with Crippen LogP contribution in [0.4, 0.5) is 9.18 Å². The second kappa shape index (κ2) is 4.99. The van der Waals surface area contributed by atoms with Gasteiger partial charge in [0.25, 0.3) is 5.91 Å². The number of carbonyl (C=O) groups excluding carboxylic acids is 1. The fourth-order valence-corrected chi connectivity index (χ4v) is 1.81. The molecule has 2 unspecified atom stereocenters. The largest absolute Gasteiger partial charge is 0.465 e. The molecule has 0 aromatic carbocycles. The summed E-state index contributed by atoms with van der Waals surface area (Å²) < 4.78 is 13.5. The number of nitrogens with one attached hydrogen (secondary N) is 1. The number of pyridine rings is 1. The maximum absolute atomic E-state index is 13.5. The molecule has 6 nitrogen and oxygen atoms in total. The smallest absolute Gasteiger partial charge is 0.407 e. The van der Waals surface area contributed by atoms with E-state index in [1.54, 1.807) is 12.1 Å². The Morgan fingerprint density at radius 1 is 1.50 bits per heavy atom. The van der Waals surface area contributed by atoms with Crippen LogP contribution >= 0.6 is 0 Å². The van der Waals surface area contributed by atoms with Gasteiger partial charge in [-0.05, 0) is 12.1 Å². The normalized spacial score (nSPS) is 22.8. The molecule has 2 atom stereocenters. The SMILES string of the molecule is O=C(NC1CN(C(=O)O)CC1F)c1cccnc1. The lowest BCUT2D eigenvalue weighted by Gasteiger charge is -2.14. The molecule has 0 radical (unpaired) electrons. The number of alkyl halides is 1. The summed E-state index contributed by atoms with van der Waals surface area (Å²) in [5, 5.41) is 11.2. The summed E-state index contributed by atoms with van der Waals surface area (Å²) in [7, 11) is 0. The highest BCUT2D eigenvalue weighted by Gasteiger charge is 2.36. The van der Waals surface area contributed by atoms with Gasteiger partial charge >= 0.3 is 6.09 Å². The van der Waals surface area contributed by atoms with Gasteiger partial charge in [0.05, 0.1) is 18.2 Å². The lowest BCUT2D eigenvalue weighted by molar-refractivity contribution is 0.0922. The molecule has 2 heterocycles. The van der Waals surface area contributed by atoms with Crippen LogP contribution in [-0.4, -0.2) is 52.3 Å². The number of halogens is 1. The molecule has 2 rings (SSSR count). The second-order valence-corrected chi connectivity index (χ2v) is 4.03. The number of likely N-dealkylation sites (tertiary alicyclic amines) is 1. The number of amides is 2. The second-order valence-electron chi connectivity index (χ2n) is 4.03. The number of rotatable bonds is 2. The molecule has 0 bridgehead atoms. The predicted molar refractivity (Wildman–Crippen MR) is 60.0 cm³/mol. The van der Waals surface area contributed by atoms with Crippen molar-refractivity contribution >= 4 is 12.0 Å². The maximum atomic E-state index is 13.5. The first-order valence-corrected chi connectivity index (χ1v) is 5.41. The number of carboxylic acid groups (broad SMARTS) is 1. The van der Waals surface area contributed by atoms with Gasteiger partial charge in [0.15, 0.2) is 0 Å². The van der Waals surface area contributed by atoms with E-state index < -0.39 is 24.2 Å². The van der Waals surface area contributed by atoms with Crippen LogP contribution in [0.25, 0.3) is 0 Å². The molecule has 1 aromatic rings. The van der Waals surface area contributed by atoms with Crippen LogP contribution in [0.15, 0.2) is 24.5 Å². The Hall–Kier alpha value is -2.18. The van der Waals surface area contributed by atoms with Gasteiger partial charge in [0, 0.05) is 18.9 Å². The van der Waals surface area contributed by atoms with E-state index in [-0.39, 0.29) is 13.1 Å². The summed E-state index contributed by atoms with van der Waals surface area (Å²) in [5.41, 5.74) is 0.318. The molecule has 96 valence electrons. The fourth-order valence-electron chi connectivity index (χ4n) is 1.81. The zero-order valence-corrected chi connectivity index (χ0v) is 9.41. The summed E-state index contributed by atoms with van der Waals surface area (Å²) in [6, 6.07) is 2.34. The van der Waals surface area contributed by atoms with Crippen molar-refractivity contribution in [3.63, 3.8) is 0 Å². The van der Waals surface area contributed by atoms with Crippen molar-refractivity contribution in [2.75, 3.05) is 13.1 Å². The zero-order valence-electron chi connectivity index (χ0n) is 9.41. The van der Waals surface area contributed by atoms with Crippen LogP contribution in [-0.2, 0) is 0 Å². The van der Waals surface area contributed by atoms with Crippen LogP contribution in [0.2, 0.25) is 0 Å². The molecule has 2 amide bonds. The van der Waals surface area contributed by atoms with Crippen LogP contribution < -0.4 is 5.32 Å². The Kier molecular flexibility index (Phi) is 3.40. The molecule has 18 heavy (non-hydrogen) atoms. The van der Waals surface area contributed by atoms with Crippen molar-refractivity contribution in [1.82, 2.24) is 15.2 Å². The third-order valence-electron chi connectivity index (χ3n) is 2.76. The van der Waals surface area contributed by atoms with Crippen molar-refractivity contribution in [2.45, 2.75) is 12.2 Å². The topological polar surface area (TPSA) is 82.5 Å². The highest BCUT2D eigenvalue weighted by molar-refractivity contribution is 5.94. The third kappa shape index (κ3) is 2.55. The van der Waals surface area contributed by atoms with E-state index in [1.165, 1.54) is 12.4 Å². The Bertz CT molecular complexity index is 454. The number of aromatic nitrogens is 1. The molecule has 1 aliphatic heterocycles. The highest BCUT2D eigenvalue weighted by Crippen LogP contribution is 2.14. The Morgan fingerprint density at radius 2 is 2.28 bits per heavy atom. The molecule has 1 aliphatic rings. The maximum Gasteiger partial charge on any atom is 0.407 e. The van der Waals surface area contributed by atoms with Crippen LogP contribution in [0.1, 0.15) is 10.4 Å². The summed E-state index contributed by atoms with van der Waals surface area (Å²) in [4.78, 5) is 27.2. The fraction of sp³-hybridized carbons (Fsp3) is 0.364. The van der Waals surface area contributed by atoms with Gasteiger partial charge in [-0.2, -0.15) is 0 Å². The van der Waals surface area contributed by atoms with Crippen LogP contribution in [0.3, 0.4) is 0 Å². The molecule has 0 aliphatic carbocycles. The summed E-state index contributed by atoms with van der Waals surface area (Å²) >= 11 is 0. The number of hydrogen-bond acceptors (Lipinski definition) is 3. The lowest BCUT2D eigenvalue weighted by Crippen LogP contribution is -2.41. The van der Waals surface area contributed by atoms with Gasteiger partial charge in [-0.3, -0.25) is 9.78 Å². The zero-order chi connectivity index (χ0) is 13.1. The predicted octanol–water partition coefficient (Wildman–Crippen LogP) is 0.512. The first kappa shape index (κ1) is 12.3. The van der Waals surface area contributed by atoms with E-state index in [9.17, 15) is 14.0 Å². The van der Waals surface area contributed by atoms with Crippen molar-refractivity contribution < 1.29 is 19.1 Å². The third-order valence-corrected chi connectivity index (χ3v) is 2.76. The van der Waals surface area contributed by atoms with E-state index in [2.05, 4.69) is 10.3 Å². The molecule has 1 saturated heterocycles. The van der Waals surface area contributed by atoms with Crippen LogP contribution in [0, 0.1) is 0 Å². The minimum Gasteiger partial charge on any atom is -0.465 e. The van der Waals surface area contributed by atoms with Gasteiger partial charge in [-0.25, -0.2) is 9.18 Å². The van der Waals surface area contributed by atoms with Gasteiger partial charge < -0.3 is 15.3 Å². The van der Waals surface area contributed by atoms with Gasteiger partial charge in [0.1, 0.15) is 6.17 Å². The molecule has 0 saturated carbocycles. The number of hydrogen-bond donors (Lipinski definition) is 2. The first-order chi connectivity index (χ1) is 8.58. The highest BCUT2D eigenvalue weighted by atomic mass is 19.1. The summed E-state index contributed by atoms with van der Waals surface area (Å²) in [6.07, 6.45) is 0.320. The van der Waals surface area contributed by atoms with Crippen molar-refractivity contribution in [3.05, 3.63) is 30.1 Å². The van der Waals surface area contributed by atoms with Gasteiger partial charge in [0.2, 0.25) is 0 Å². The van der Waals surface area contributed by atoms with Crippen molar-refractivity contribution in [2.24, 2.45) is 0 Å². The minimum absolute atomic E-state index is 0.0392. The van der Waals surface area contributed by atoms with E-state index in [0.29, 0.717) is 5.56 Å². The minimum atomic E-state index is -1.39. The van der Waals surface area contributed by atoms with E-state index in [1.807, 2.05) is 0 Å². The molecule has 1 aromatic heterocycles. The number of nitrogens with zero attached hydrogens (tertiary/aromatic N) is 2. The summed E-state index contributed by atoms with van der Waals surface area (Å²) in [6.45, 7) is -0.254. The standard InChI is InChI=1S/C11H12FN3O3/c12-8-5-15(11(17)18)6-9(8)14-10(16)7-2-1-3-13-4-7/h1-4,8-9H,5-6H2,(H,14,16)(H,17,18). The van der Waals surface area contributed by atoms with E-state index in [4.69, 9.17) is 5.11 Å². The average Bonchev–Trinajstić information content (AvgIpc) is 2.72. The molecule has 1 fully saturated rings. The molecule has 0 spiro atoms. The number of carbonyl (C=O) groups is 2. The van der Waals surface area contributed by atoms with Gasteiger partial charge in [-0.15, -0.1) is 0 Å². The monoisotopic (exact) mass is 253 g/mol. The van der Waals surface area contributed by atoms with Crippen molar-refractivity contribution in [1.29, 1.82) is 0 Å². The molecular weight excluding hydrogens is 241 g/mol. The van der Waals surface area contributed by atoms with Crippen molar-refractivity contribution in [3.8, 4) is 0 Å². The lowest BCUT2D eigenvalue weighted by atomic mass is 10.2. The van der Waals surface area contributed by atoms with E-state index >= 15 is 0 Å². The molecular formula is C11H12FN3O3. The summed E-state index contributed by atoms with van der Waals surface area (Å²) in [5.74, 6) is -0.456. The molecule has 2 N–H and O–H groups in total. The Morgan fingerprint density at radius 3 is 2.83 bits per heavy atom. The Labute approximate surface area is 102 Å². The van der Waals surface area contributed by atoms with Crippen LogP contribution in [0.5, 0.6) is 0 Å². The van der Waals surface area contributed by atoms with Gasteiger partial charge in [-0.1, -0.05) is 0 Å². The molecule has 7 heteroatoms. The quantitative estimate of drug-likeness (QED) is 0.804.